The first kappa shape index (κ1) is 12.0. The van der Waals surface area contributed by atoms with Crippen molar-refractivity contribution in [1.29, 1.82) is 0 Å². The van der Waals surface area contributed by atoms with E-state index >= 15 is 0 Å². The maximum Gasteiger partial charge on any atom is 0.0679 e. The van der Waals surface area contributed by atoms with Gasteiger partial charge in [-0.3, -0.25) is 4.68 Å². The van der Waals surface area contributed by atoms with E-state index < -0.39 is 0 Å². The van der Waals surface area contributed by atoms with Crippen LogP contribution in [0.25, 0.3) is 0 Å². The lowest BCUT2D eigenvalue weighted by Crippen LogP contribution is -2.26. The van der Waals surface area contributed by atoms with Gasteiger partial charge in [-0.05, 0) is 48.8 Å². The second-order valence-corrected chi connectivity index (χ2v) is 6.29. The molecule has 2 bridgehead atoms. The summed E-state index contributed by atoms with van der Waals surface area (Å²) < 4.78 is 1.99. The molecule has 3 heteroatoms. The number of anilines is 1. The molecule has 2 aliphatic carbocycles. The Morgan fingerprint density at radius 3 is 2.85 bits per heavy atom. The van der Waals surface area contributed by atoms with E-state index in [4.69, 9.17) is 0 Å². The van der Waals surface area contributed by atoms with Gasteiger partial charge < -0.3 is 5.32 Å². The lowest BCUT2D eigenvalue weighted by molar-refractivity contribution is 0.439. The zero-order valence-corrected chi connectivity index (χ0v) is 11.7. The minimum absolute atomic E-state index is 0.688. The fourth-order valence-electron chi connectivity index (χ4n) is 3.99. The van der Waals surface area contributed by atoms with Gasteiger partial charge in [0.1, 0.15) is 0 Å². The molecule has 0 saturated heterocycles. The zero-order chi connectivity index (χ0) is 13.4. The van der Waals surface area contributed by atoms with Gasteiger partial charge in [0.25, 0.3) is 0 Å². The van der Waals surface area contributed by atoms with Crippen LogP contribution in [-0.4, -0.2) is 15.8 Å². The molecule has 0 radical (unpaired) electrons. The highest BCUT2D eigenvalue weighted by atomic mass is 15.3. The number of hydrogen-bond acceptors (Lipinski definition) is 2. The van der Waals surface area contributed by atoms with Crippen LogP contribution < -0.4 is 5.32 Å². The van der Waals surface area contributed by atoms with Crippen molar-refractivity contribution in [3.05, 3.63) is 48.3 Å². The Bertz CT molecular complexity index is 576. The van der Waals surface area contributed by atoms with Gasteiger partial charge in [-0.1, -0.05) is 24.6 Å². The Kier molecular flexibility index (Phi) is 2.98. The Labute approximate surface area is 120 Å². The van der Waals surface area contributed by atoms with Crippen LogP contribution >= 0.6 is 0 Å². The van der Waals surface area contributed by atoms with Crippen molar-refractivity contribution >= 4 is 5.69 Å². The predicted molar refractivity (Wildman–Crippen MR) is 80.6 cm³/mol. The smallest absolute Gasteiger partial charge is 0.0679 e. The summed E-state index contributed by atoms with van der Waals surface area (Å²) in [4.78, 5) is 0. The molecule has 2 fully saturated rings. The highest BCUT2D eigenvalue weighted by Gasteiger charge is 2.39. The van der Waals surface area contributed by atoms with Crippen molar-refractivity contribution in [2.45, 2.75) is 38.3 Å². The molecule has 0 aliphatic heterocycles. The van der Waals surface area contributed by atoms with E-state index in [2.05, 4.69) is 34.7 Å². The molecule has 0 amide bonds. The average molecular weight is 267 g/mol. The summed E-state index contributed by atoms with van der Waals surface area (Å²) >= 11 is 0. The van der Waals surface area contributed by atoms with Crippen molar-refractivity contribution in [2.75, 3.05) is 5.32 Å². The summed E-state index contributed by atoms with van der Waals surface area (Å²) in [5.74, 6) is 1.88. The van der Waals surface area contributed by atoms with Gasteiger partial charge in [0, 0.05) is 24.1 Å². The summed E-state index contributed by atoms with van der Waals surface area (Å²) in [5, 5.41) is 8.12. The number of para-hydroxylation sites is 1. The van der Waals surface area contributed by atoms with Crippen LogP contribution in [0.15, 0.2) is 42.7 Å². The molecular formula is C17H21N3. The minimum atomic E-state index is 0.688. The van der Waals surface area contributed by atoms with Crippen LogP contribution in [-0.2, 0) is 6.54 Å². The second kappa shape index (κ2) is 4.97. The third-order valence-electron chi connectivity index (χ3n) is 4.99. The molecule has 0 spiro atoms. The van der Waals surface area contributed by atoms with E-state index in [1.807, 2.05) is 23.1 Å². The van der Waals surface area contributed by atoms with Crippen LogP contribution in [0.2, 0.25) is 0 Å². The molecule has 2 saturated carbocycles. The van der Waals surface area contributed by atoms with E-state index in [1.165, 1.54) is 36.9 Å². The molecule has 2 aliphatic rings. The number of hydrogen-bond donors (Lipinski definition) is 1. The van der Waals surface area contributed by atoms with Crippen molar-refractivity contribution in [3.8, 4) is 0 Å². The number of fused-ring (bicyclic) bond motifs is 2. The summed E-state index contributed by atoms with van der Waals surface area (Å²) in [6.45, 7) is 0.844. The first-order valence-electron chi connectivity index (χ1n) is 7.70. The van der Waals surface area contributed by atoms with E-state index in [0.717, 1.165) is 18.4 Å². The average Bonchev–Trinajstić information content (AvgIpc) is 3.18. The molecule has 1 heterocycles. The second-order valence-electron chi connectivity index (χ2n) is 6.29. The zero-order valence-electron chi connectivity index (χ0n) is 11.7. The van der Waals surface area contributed by atoms with Gasteiger partial charge in [-0.2, -0.15) is 5.10 Å². The molecule has 3 atom stereocenters. The number of nitrogens with one attached hydrogen (secondary N) is 1. The number of benzene rings is 1. The largest absolute Gasteiger partial charge is 0.382 e. The van der Waals surface area contributed by atoms with Crippen molar-refractivity contribution in [2.24, 2.45) is 11.8 Å². The maximum absolute atomic E-state index is 4.31. The molecule has 1 aromatic carbocycles. The van der Waals surface area contributed by atoms with Crippen LogP contribution in [0, 0.1) is 11.8 Å². The molecule has 3 unspecified atom stereocenters. The monoisotopic (exact) mass is 267 g/mol. The fourth-order valence-corrected chi connectivity index (χ4v) is 3.99. The highest BCUT2D eigenvalue weighted by molar-refractivity contribution is 5.52. The van der Waals surface area contributed by atoms with E-state index in [0.29, 0.717) is 6.04 Å². The minimum Gasteiger partial charge on any atom is -0.382 e. The Morgan fingerprint density at radius 1 is 1.15 bits per heavy atom. The Balaban J connectivity index is 1.52. The molecular weight excluding hydrogens is 246 g/mol. The van der Waals surface area contributed by atoms with Crippen LogP contribution in [0.5, 0.6) is 0 Å². The van der Waals surface area contributed by atoms with Gasteiger partial charge in [0.2, 0.25) is 0 Å². The molecule has 3 nitrogen and oxygen atoms in total. The lowest BCUT2D eigenvalue weighted by Gasteiger charge is -2.25. The number of aromatic nitrogens is 2. The van der Waals surface area contributed by atoms with Crippen LogP contribution in [0.4, 0.5) is 5.69 Å². The molecule has 20 heavy (non-hydrogen) atoms. The summed E-state index contributed by atoms with van der Waals surface area (Å²) in [6, 6.07) is 11.3. The molecule has 4 rings (SSSR count). The summed E-state index contributed by atoms with van der Waals surface area (Å²) in [6.07, 6.45) is 9.54. The standard InChI is InChI=1S/C17H21N3/c1-2-5-16(15(4-1)12-20-9-3-8-18-20)19-17-11-13-6-7-14(17)10-13/h1-5,8-9,13-14,17,19H,6-7,10-12H2. The molecule has 104 valence electrons. The maximum atomic E-state index is 4.31. The summed E-state index contributed by atoms with van der Waals surface area (Å²) in [7, 11) is 0. The van der Waals surface area contributed by atoms with Gasteiger partial charge >= 0.3 is 0 Å². The Morgan fingerprint density at radius 2 is 2.10 bits per heavy atom. The lowest BCUT2D eigenvalue weighted by atomic mass is 9.95. The molecule has 1 aromatic heterocycles. The van der Waals surface area contributed by atoms with Gasteiger partial charge in [-0.15, -0.1) is 0 Å². The first-order chi connectivity index (χ1) is 9.88. The van der Waals surface area contributed by atoms with E-state index in [-0.39, 0.29) is 0 Å². The highest BCUT2D eigenvalue weighted by Crippen LogP contribution is 2.45. The third kappa shape index (κ3) is 2.21. The van der Waals surface area contributed by atoms with Crippen molar-refractivity contribution < 1.29 is 0 Å². The van der Waals surface area contributed by atoms with E-state index in [9.17, 15) is 0 Å². The van der Waals surface area contributed by atoms with E-state index in [1.54, 1.807) is 0 Å². The van der Waals surface area contributed by atoms with Crippen LogP contribution in [0.1, 0.15) is 31.2 Å². The normalized spacial score (nSPS) is 27.9. The number of nitrogens with zero attached hydrogens (tertiary/aromatic N) is 2. The topological polar surface area (TPSA) is 29.9 Å². The third-order valence-corrected chi connectivity index (χ3v) is 4.99. The van der Waals surface area contributed by atoms with Gasteiger partial charge in [0.15, 0.2) is 0 Å². The first-order valence-corrected chi connectivity index (χ1v) is 7.70. The van der Waals surface area contributed by atoms with Crippen LogP contribution in [0.3, 0.4) is 0 Å². The van der Waals surface area contributed by atoms with Gasteiger partial charge in [0.05, 0.1) is 6.54 Å². The Hall–Kier alpha value is -1.77. The molecule has 1 N–H and O–H groups in total. The molecule has 2 aromatic rings. The quantitative estimate of drug-likeness (QED) is 0.918. The SMILES string of the molecule is c1ccc(NC2CC3CCC2C3)c(Cn2cccn2)c1. The van der Waals surface area contributed by atoms with Gasteiger partial charge in [-0.25, -0.2) is 0 Å². The van der Waals surface area contributed by atoms with Crippen molar-refractivity contribution in [1.82, 2.24) is 9.78 Å². The van der Waals surface area contributed by atoms with Crippen molar-refractivity contribution in [3.63, 3.8) is 0 Å². The fraction of sp³-hybridized carbons (Fsp3) is 0.471. The summed E-state index contributed by atoms with van der Waals surface area (Å²) in [5.41, 5.74) is 2.62. The number of rotatable bonds is 4. The predicted octanol–water partition coefficient (Wildman–Crippen LogP) is 3.53.